The zero-order valence-electron chi connectivity index (χ0n) is 14.7. The van der Waals surface area contributed by atoms with Gasteiger partial charge in [-0.15, -0.1) is 0 Å². The average Bonchev–Trinajstić information content (AvgIpc) is 3.06. The fraction of sp³-hybridized carbons (Fsp3) is 0.438. The molecule has 0 spiro atoms. The summed E-state index contributed by atoms with van der Waals surface area (Å²) in [6.07, 6.45) is 0. The van der Waals surface area contributed by atoms with Crippen LogP contribution >= 0.6 is 0 Å². The second-order valence-electron chi connectivity index (χ2n) is 6.04. The highest BCUT2D eigenvalue weighted by Crippen LogP contribution is 2.14. The van der Waals surface area contributed by atoms with Gasteiger partial charge in [-0.25, -0.2) is 13.1 Å². The molecule has 0 bridgehead atoms. The van der Waals surface area contributed by atoms with Crippen LogP contribution in [0.4, 0.5) is 0 Å². The van der Waals surface area contributed by atoms with Crippen molar-refractivity contribution in [3.05, 3.63) is 41.5 Å². The zero-order valence-corrected chi connectivity index (χ0v) is 15.5. The first kappa shape index (κ1) is 18.5. The minimum atomic E-state index is -3.50. The molecular formula is C16H21N5O4S. The molecule has 3 rings (SSSR count). The molecule has 0 aliphatic carbocycles. The molecule has 1 amide bonds. The van der Waals surface area contributed by atoms with E-state index in [1.807, 2.05) is 0 Å². The molecule has 1 aliphatic heterocycles. The van der Waals surface area contributed by atoms with E-state index in [4.69, 9.17) is 4.52 Å². The van der Waals surface area contributed by atoms with Gasteiger partial charge in [0.1, 0.15) is 0 Å². The van der Waals surface area contributed by atoms with Gasteiger partial charge >= 0.3 is 0 Å². The Labute approximate surface area is 152 Å². The molecule has 1 aromatic carbocycles. The van der Waals surface area contributed by atoms with Gasteiger partial charge < -0.3 is 9.42 Å². The van der Waals surface area contributed by atoms with Gasteiger partial charge in [-0.1, -0.05) is 5.16 Å². The molecule has 0 radical (unpaired) electrons. The van der Waals surface area contributed by atoms with E-state index in [9.17, 15) is 13.2 Å². The molecule has 0 atom stereocenters. The van der Waals surface area contributed by atoms with E-state index >= 15 is 0 Å². The van der Waals surface area contributed by atoms with Crippen LogP contribution in [0.2, 0.25) is 0 Å². The van der Waals surface area contributed by atoms with E-state index in [2.05, 4.69) is 19.8 Å². The van der Waals surface area contributed by atoms with Crippen LogP contribution in [0.3, 0.4) is 0 Å². The Bertz CT molecular complexity index is 870. The summed E-state index contributed by atoms with van der Waals surface area (Å²) >= 11 is 0. The lowest BCUT2D eigenvalue weighted by molar-refractivity contribution is 0.0615. The Balaban J connectivity index is 1.58. The molecule has 140 valence electrons. The van der Waals surface area contributed by atoms with Crippen molar-refractivity contribution in [3.8, 4) is 0 Å². The van der Waals surface area contributed by atoms with Gasteiger partial charge in [-0.05, 0) is 38.2 Å². The maximum absolute atomic E-state index is 12.6. The number of nitrogens with zero attached hydrogens (tertiary/aromatic N) is 4. The molecule has 1 fully saturated rings. The first-order valence-corrected chi connectivity index (χ1v) is 9.72. The third-order valence-electron chi connectivity index (χ3n) is 4.27. The number of carbonyl (C=O) groups is 1. The molecule has 26 heavy (non-hydrogen) atoms. The molecule has 1 saturated heterocycles. The summed E-state index contributed by atoms with van der Waals surface area (Å²) in [6.45, 7) is 4.93. The predicted octanol–water partition coefficient (Wildman–Crippen LogP) is 0.244. The van der Waals surface area contributed by atoms with Gasteiger partial charge in [-0.2, -0.15) is 4.98 Å². The summed E-state index contributed by atoms with van der Waals surface area (Å²) < 4.78 is 30.9. The minimum Gasteiger partial charge on any atom is -0.338 e. The number of aromatic nitrogens is 2. The van der Waals surface area contributed by atoms with E-state index in [1.165, 1.54) is 19.2 Å². The van der Waals surface area contributed by atoms with Crippen LogP contribution in [0.15, 0.2) is 33.7 Å². The molecule has 1 aliphatic rings. The van der Waals surface area contributed by atoms with Gasteiger partial charge in [0.25, 0.3) is 5.91 Å². The first-order valence-electron chi connectivity index (χ1n) is 8.23. The quantitative estimate of drug-likeness (QED) is 0.793. The molecule has 0 saturated carbocycles. The van der Waals surface area contributed by atoms with Crippen LogP contribution in [0.1, 0.15) is 22.1 Å². The van der Waals surface area contributed by atoms with Crippen molar-refractivity contribution in [2.45, 2.75) is 18.4 Å². The molecule has 10 heteroatoms. The third-order valence-corrected chi connectivity index (χ3v) is 5.70. The molecule has 1 N–H and O–H groups in total. The number of aryl methyl sites for hydroxylation is 1. The summed E-state index contributed by atoms with van der Waals surface area (Å²) in [5.74, 6) is 1.08. The van der Waals surface area contributed by atoms with E-state index in [-0.39, 0.29) is 10.8 Å². The van der Waals surface area contributed by atoms with Gasteiger partial charge in [0, 0.05) is 31.7 Å². The van der Waals surface area contributed by atoms with Crippen molar-refractivity contribution in [3.63, 3.8) is 0 Å². The Morgan fingerprint density at radius 3 is 2.38 bits per heavy atom. The Morgan fingerprint density at radius 1 is 1.19 bits per heavy atom. The van der Waals surface area contributed by atoms with Crippen molar-refractivity contribution in [1.29, 1.82) is 0 Å². The number of hydrogen-bond donors (Lipinski definition) is 1. The lowest BCUT2D eigenvalue weighted by Gasteiger charge is -2.34. The number of carbonyl (C=O) groups excluding carboxylic acids is 1. The van der Waals surface area contributed by atoms with Crippen LogP contribution in [0, 0.1) is 6.92 Å². The lowest BCUT2D eigenvalue weighted by atomic mass is 10.2. The van der Waals surface area contributed by atoms with Crippen molar-refractivity contribution in [2.24, 2.45) is 0 Å². The molecule has 0 unspecified atom stereocenters. The molecule has 1 aromatic heterocycles. The zero-order chi connectivity index (χ0) is 18.7. The largest absolute Gasteiger partial charge is 0.338 e. The summed E-state index contributed by atoms with van der Waals surface area (Å²) in [5, 5.41) is 3.77. The Kier molecular flexibility index (Phi) is 5.35. The highest BCUT2D eigenvalue weighted by atomic mass is 32.2. The lowest BCUT2D eigenvalue weighted by Crippen LogP contribution is -2.48. The smallest absolute Gasteiger partial charge is 0.253 e. The van der Waals surface area contributed by atoms with Crippen LogP contribution < -0.4 is 4.72 Å². The fourth-order valence-electron chi connectivity index (χ4n) is 2.78. The Morgan fingerprint density at radius 2 is 1.85 bits per heavy atom. The molecule has 2 aromatic rings. The second-order valence-corrected chi connectivity index (χ2v) is 7.92. The van der Waals surface area contributed by atoms with E-state index in [0.717, 1.165) is 0 Å². The highest BCUT2D eigenvalue weighted by Gasteiger charge is 2.23. The van der Waals surface area contributed by atoms with Crippen molar-refractivity contribution in [1.82, 2.24) is 24.7 Å². The summed E-state index contributed by atoms with van der Waals surface area (Å²) in [7, 11) is -2.15. The number of amides is 1. The second kappa shape index (κ2) is 7.52. The highest BCUT2D eigenvalue weighted by molar-refractivity contribution is 7.89. The average molecular weight is 379 g/mol. The summed E-state index contributed by atoms with van der Waals surface area (Å²) in [6, 6.07) is 5.96. The van der Waals surface area contributed by atoms with Crippen molar-refractivity contribution >= 4 is 15.9 Å². The Hall–Kier alpha value is -2.30. The van der Waals surface area contributed by atoms with E-state index < -0.39 is 10.0 Å². The molecule has 2 heterocycles. The van der Waals surface area contributed by atoms with Crippen LogP contribution in [-0.2, 0) is 16.6 Å². The normalized spacial score (nSPS) is 16.0. The van der Waals surface area contributed by atoms with Crippen LogP contribution in [0.25, 0.3) is 0 Å². The van der Waals surface area contributed by atoms with Crippen molar-refractivity contribution < 1.29 is 17.7 Å². The maximum Gasteiger partial charge on any atom is 0.253 e. The predicted molar refractivity (Wildman–Crippen MR) is 92.9 cm³/mol. The third kappa shape index (κ3) is 4.09. The summed E-state index contributed by atoms with van der Waals surface area (Å²) in [5.41, 5.74) is 0.473. The number of rotatable bonds is 5. The van der Waals surface area contributed by atoms with Gasteiger partial charge in [0.15, 0.2) is 5.82 Å². The van der Waals surface area contributed by atoms with Gasteiger partial charge in [0.05, 0.1) is 11.4 Å². The van der Waals surface area contributed by atoms with Crippen LogP contribution in [0.5, 0.6) is 0 Å². The maximum atomic E-state index is 12.6. The number of piperazine rings is 1. The topological polar surface area (TPSA) is 109 Å². The SMILES string of the molecule is CNS(=O)(=O)c1ccc(C(=O)N2CCN(Cc3nc(C)no3)CC2)cc1. The molecular weight excluding hydrogens is 358 g/mol. The van der Waals surface area contributed by atoms with Crippen LogP contribution in [-0.4, -0.2) is 67.5 Å². The van der Waals surface area contributed by atoms with Gasteiger partial charge in [-0.3, -0.25) is 9.69 Å². The fourth-order valence-corrected chi connectivity index (χ4v) is 3.51. The molecule has 9 nitrogen and oxygen atoms in total. The summed E-state index contributed by atoms with van der Waals surface area (Å²) in [4.78, 5) is 20.8. The van der Waals surface area contributed by atoms with Gasteiger partial charge in [0.2, 0.25) is 15.9 Å². The standard InChI is InChI=1S/C16H21N5O4S/c1-12-18-15(25-19-12)11-20-7-9-21(10-8-20)16(22)13-3-5-14(6-4-13)26(23,24)17-2/h3-6,17H,7-11H2,1-2H3. The first-order chi connectivity index (χ1) is 12.4. The number of sulfonamides is 1. The van der Waals surface area contributed by atoms with E-state index in [1.54, 1.807) is 24.0 Å². The van der Waals surface area contributed by atoms with E-state index in [0.29, 0.717) is 50.0 Å². The number of hydrogen-bond acceptors (Lipinski definition) is 7. The minimum absolute atomic E-state index is 0.105. The van der Waals surface area contributed by atoms with Crippen molar-refractivity contribution in [2.75, 3.05) is 33.2 Å². The number of benzene rings is 1. The monoisotopic (exact) mass is 379 g/mol. The number of nitrogens with one attached hydrogen (secondary N) is 1.